The van der Waals surface area contributed by atoms with Crippen molar-refractivity contribution >= 4 is 29.9 Å². The van der Waals surface area contributed by atoms with Crippen LogP contribution >= 0.6 is 24.0 Å². The summed E-state index contributed by atoms with van der Waals surface area (Å²) >= 11 is 6.04. The molecule has 1 aromatic carbocycles. The summed E-state index contributed by atoms with van der Waals surface area (Å²) in [5, 5.41) is 3.85. The van der Waals surface area contributed by atoms with E-state index in [0.29, 0.717) is 24.7 Å². The van der Waals surface area contributed by atoms with Crippen LogP contribution in [0, 0.1) is 0 Å². The predicted molar refractivity (Wildman–Crippen MR) is 98.8 cm³/mol. The van der Waals surface area contributed by atoms with E-state index in [4.69, 9.17) is 11.6 Å². The van der Waals surface area contributed by atoms with Crippen molar-refractivity contribution in [1.29, 1.82) is 0 Å². The van der Waals surface area contributed by atoms with Gasteiger partial charge in [-0.1, -0.05) is 23.7 Å². The van der Waals surface area contributed by atoms with Crippen molar-refractivity contribution in [2.45, 2.75) is 32.1 Å². The minimum absolute atomic E-state index is 0. The average molecular weight is 414 g/mol. The number of hydrogen-bond acceptors (Lipinski definition) is 3. The normalized spacial score (nSPS) is 18.5. The monoisotopic (exact) mass is 413 g/mol. The molecule has 0 bridgehead atoms. The summed E-state index contributed by atoms with van der Waals surface area (Å²) in [4.78, 5) is 15.3. The highest BCUT2D eigenvalue weighted by atomic mass is 35.5. The highest BCUT2D eigenvalue weighted by molar-refractivity contribution is 6.30. The van der Waals surface area contributed by atoms with Gasteiger partial charge in [-0.3, -0.25) is 9.69 Å². The Hall–Kier alpha value is -1.02. The van der Waals surface area contributed by atoms with Crippen molar-refractivity contribution in [3.05, 3.63) is 34.9 Å². The van der Waals surface area contributed by atoms with Gasteiger partial charge in [-0.05, 0) is 31.5 Å². The van der Waals surface area contributed by atoms with Gasteiger partial charge in [0, 0.05) is 36.7 Å². The lowest BCUT2D eigenvalue weighted by Gasteiger charge is -2.38. The first-order chi connectivity index (χ1) is 11.7. The molecule has 4 nitrogen and oxygen atoms in total. The molecular weight excluding hydrogens is 390 g/mol. The number of halogens is 5. The fourth-order valence-electron chi connectivity index (χ4n) is 2.99. The van der Waals surface area contributed by atoms with Gasteiger partial charge in [0.15, 0.2) is 0 Å². The Balaban J connectivity index is 0.00000338. The molecule has 9 heteroatoms. The maximum atomic E-state index is 12.8. The van der Waals surface area contributed by atoms with E-state index in [2.05, 4.69) is 5.32 Å². The Kier molecular flexibility index (Phi) is 8.66. The molecule has 0 aromatic heterocycles. The fourth-order valence-corrected chi connectivity index (χ4v) is 3.19. The molecule has 1 aliphatic rings. The van der Waals surface area contributed by atoms with Crippen LogP contribution in [0.2, 0.25) is 5.02 Å². The number of hydrogen-bond donors (Lipinski definition) is 1. The van der Waals surface area contributed by atoms with Crippen molar-refractivity contribution in [3.8, 4) is 0 Å². The summed E-state index contributed by atoms with van der Waals surface area (Å²) in [6, 6.07) is 6.72. The molecule has 0 saturated carbocycles. The summed E-state index contributed by atoms with van der Waals surface area (Å²) in [5.74, 6) is -0.513. The number of alkyl halides is 3. The van der Waals surface area contributed by atoms with E-state index in [1.54, 1.807) is 19.9 Å². The molecule has 1 aliphatic heterocycles. The number of nitrogens with one attached hydrogen (secondary N) is 1. The molecule has 0 spiro atoms. The average Bonchev–Trinajstić information content (AvgIpc) is 2.52. The van der Waals surface area contributed by atoms with Crippen molar-refractivity contribution in [1.82, 2.24) is 15.1 Å². The van der Waals surface area contributed by atoms with Crippen LogP contribution in [-0.2, 0) is 4.79 Å². The van der Waals surface area contributed by atoms with Crippen molar-refractivity contribution in [2.24, 2.45) is 0 Å². The number of amides is 1. The van der Waals surface area contributed by atoms with E-state index < -0.39 is 24.7 Å². The second-order valence-electron chi connectivity index (χ2n) is 6.48. The molecular formula is C17H24Cl2F3N3O. The SMILES string of the molecule is CC(C)N(CC(F)(F)F)C(=O)CN1CCNCC1c1cccc(Cl)c1.Cl. The van der Waals surface area contributed by atoms with Crippen LogP contribution in [-0.4, -0.2) is 60.6 Å². The third-order valence-electron chi connectivity index (χ3n) is 4.22. The molecule has 1 saturated heterocycles. The predicted octanol–water partition coefficient (Wildman–Crippen LogP) is 3.51. The smallest absolute Gasteiger partial charge is 0.330 e. The van der Waals surface area contributed by atoms with Crippen LogP contribution in [0.1, 0.15) is 25.5 Å². The summed E-state index contributed by atoms with van der Waals surface area (Å²) in [6.45, 7) is 3.80. The van der Waals surface area contributed by atoms with E-state index in [0.717, 1.165) is 10.5 Å². The van der Waals surface area contributed by atoms with Crippen LogP contribution in [0.4, 0.5) is 13.2 Å². The highest BCUT2D eigenvalue weighted by Gasteiger charge is 2.35. The number of carbonyl (C=O) groups excluding carboxylic acids is 1. The van der Waals surface area contributed by atoms with E-state index in [1.165, 1.54) is 0 Å². The largest absolute Gasteiger partial charge is 0.406 e. The number of nitrogens with zero attached hydrogens (tertiary/aromatic N) is 2. The van der Waals surface area contributed by atoms with Gasteiger partial charge in [-0.15, -0.1) is 12.4 Å². The Morgan fingerprint density at radius 2 is 2.12 bits per heavy atom. The summed E-state index contributed by atoms with van der Waals surface area (Å²) in [5.41, 5.74) is 0.944. The van der Waals surface area contributed by atoms with Gasteiger partial charge < -0.3 is 10.2 Å². The second kappa shape index (κ2) is 9.78. The zero-order valence-corrected chi connectivity index (χ0v) is 16.3. The Morgan fingerprint density at radius 3 is 2.69 bits per heavy atom. The summed E-state index contributed by atoms with van der Waals surface area (Å²) in [6.07, 6.45) is -4.41. The topological polar surface area (TPSA) is 35.6 Å². The number of carbonyl (C=O) groups is 1. The molecule has 1 unspecified atom stereocenters. The molecule has 2 rings (SSSR count). The number of rotatable bonds is 5. The molecule has 1 amide bonds. The molecule has 0 aliphatic carbocycles. The molecule has 148 valence electrons. The number of piperazine rings is 1. The second-order valence-corrected chi connectivity index (χ2v) is 6.91. The van der Waals surface area contributed by atoms with Crippen molar-refractivity contribution < 1.29 is 18.0 Å². The van der Waals surface area contributed by atoms with Gasteiger partial charge in [-0.25, -0.2) is 0 Å². The van der Waals surface area contributed by atoms with Gasteiger partial charge in [0.25, 0.3) is 0 Å². The van der Waals surface area contributed by atoms with Crippen LogP contribution in [0.15, 0.2) is 24.3 Å². The maximum Gasteiger partial charge on any atom is 0.406 e. The van der Waals surface area contributed by atoms with Gasteiger partial charge in [-0.2, -0.15) is 13.2 Å². The minimum atomic E-state index is -4.41. The van der Waals surface area contributed by atoms with Crippen LogP contribution in [0.5, 0.6) is 0 Å². The van der Waals surface area contributed by atoms with Crippen molar-refractivity contribution in [2.75, 3.05) is 32.7 Å². The maximum absolute atomic E-state index is 12.8. The van der Waals surface area contributed by atoms with E-state index in [-0.39, 0.29) is 25.0 Å². The third-order valence-corrected chi connectivity index (χ3v) is 4.45. The first kappa shape index (κ1) is 23.0. The van der Waals surface area contributed by atoms with Gasteiger partial charge in [0.1, 0.15) is 6.54 Å². The van der Waals surface area contributed by atoms with Gasteiger partial charge in [0.2, 0.25) is 5.91 Å². The van der Waals surface area contributed by atoms with E-state index in [9.17, 15) is 18.0 Å². The van der Waals surface area contributed by atoms with Crippen LogP contribution in [0.3, 0.4) is 0 Å². The lowest BCUT2D eigenvalue weighted by molar-refractivity contribution is -0.165. The molecule has 1 N–H and O–H groups in total. The first-order valence-electron chi connectivity index (χ1n) is 8.24. The van der Waals surface area contributed by atoms with Gasteiger partial charge >= 0.3 is 6.18 Å². The third kappa shape index (κ3) is 6.61. The lowest BCUT2D eigenvalue weighted by Crippen LogP contribution is -2.52. The van der Waals surface area contributed by atoms with E-state index in [1.807, 2.05) is 23.1 Å². The summed E-state index contributed by atoms with van der Waals surface area (Å²) in [7, 11) is 0. The lowest BCUT2D eigenvalue weighted by atomic mass is 10.0. The highest BCUT2D eigenvalue weighted by Crippen LogP contribution is 2.25. The molecule has 26 heavy (non-hydrogen) atoms. The molecule has 1 heterocycles. The first-order valence-corrected chi connectivity index (χ1v) is 8.61. The van der Waals surface area contributed by atoms with Crippen LogP contribution < -0.4 is 5.32 Å². The Morgan fingerprint density at radius 1 is 1.42 bits per heavy atom. The summed E-state index contributed by atoms with van der Waals surface area (Å²) < 4.78 is 38.3. The quantitative estimate of drug-likeness (QED) is 0.801. The van der Waals surface area contributed by atoms with E-state index >= 15 is 0 Å². The molecule has 1 aromatic rings. The zero-order valence-electron chi connectivity index (χ0n) is 14.7. The van der Waals surface area contributed by atoms with Crippen LogP contribution in [0.25, 0.3) is 0 Å². The standard InChI is InChI=1S/C17H23ClF3N3O.ClH/c1-12(2)24(11-17(19,20)21)16(25)10-23-7-6-22-9-15(23)13-4-3-5-14(18)8-13;/h3-5,8,12,15,22H,6-7,9-11H2,1-2H3;1H. The number of benzene rings is 1. The van der Waals surface area contributed by atoms with Gasteiger partial charge in [0.05, 0.1) is 6.54 Å². The zero-order chi connectivity index (χ0) is 18.6. The Bertz CT molecular complexity index is 599. The molecule has 1 fully saturated rings. The fraction of sp³-hybridized carbons (Fsp3) is 0.588. The molecule has 0 radical (unpaired) electrons. The molecule has 1 atom stereocenters. The Labute approximate surface area is 163 Å². The van der Waals surface area contributed by atoms with Crippen molar-refractivity contribution in [3.63, 3.8) is 0 Å². The minimum Gasteiger partial charge on any atom is -0.330 e.